The van der Waals surface area contributed by atoms with Crippen molar-refractivity contribution in [2.45, 2.75) is 51.0 Å². The van der Waals surface area contributed by atoms with E-state index >= 15 is 0 Å². The fourth-order valence-corrected chi connectivity index (χ4v) is 3.73. The lowest BCUT2D eigenvalue weighted by atomic mass is 9.98. The van der Waals surface area contributed by atoms with E-state index < -0.39 is 0 Å². The molecule has 114 valence electrons. The van der Waals surface area contributed by atoms with E-state index in [1.807, 2.05) is 0 Å². The quantitative estimate of drug-likeness (QED) is 0.755. The smallest absolute Gasteiger partial charge is 0.0446 e. The zero-order chi connectivity index (χ0) is 13.8. The molecule has 3 heteroatoms. The molecular weight excluding hydrogens is 248 g/mol. The van der Waals surface area contributed by atoms with Crippen molar-refractivity contribution >= 4 is 0 Å². The largest absolute Gasteiger partial charge is 0.396 e. The van der Waals surface area contributed by atoms with E-state index in [9.17, 15) is 5.11 Å². The summed E-state index contributed by atoms with van der Waals surface area (Å²) in [5.41, 5.74) is 1.66. The lowest BCUT2D eigenvalue weighted by molar-refractivity contribution is 0.0601. The molecule has 3 aliphatic rings. The molecule has 1 atom stereocenters. The molecule has 3 rings (SSSR count). The first-order valence-corrected chi connectivity index (χ1v) is 8.60. The Kier molecular flexibility index (Phi) is 5.14. The molecule has 1 aliphatic heterocycles. The molecule has 1 saturated carbocycles. The predicted molar refractivity (Wildman–Crippen MR) is 82.8 cm³/mol. The maximum absolute atomic E-state index is 9.34. The number of allylic oxidation sites excluding steroid dienone is 1. The summed E-state index contributed by atoms with van der Waals surface area (Å²) in [4.78, 5) is 5.28. The van der Waals surface area contributed by atoms with Crippen LogP contribution in [0.2, 0.25) is 0 Å². The number of rotatable bonds is 6. The van der Waals surface area contributed by atoms with Crippen LogP contribution in [0.5, 0.6) is 0 Å². The topological polar surface area (TPSA) is 26.7 Å². The highest BCUT2D eigenvalue weighted by molar-refractivity contribution is 5.08. The standard InChI is InChI=1S/C17H30N2O/c20-11-8-17-14-18(12-15-4-2-1-3-5-15)9-10-19(17)13-16-6-7-16/h4,16-17,20H,1-3,5-14H2. The molecule has 1 unspecified atom stereocenters. The summed E-state index contributed by atoms with van der Waals surface area (Å²) in [5, 5.41) is 9.34. The number of aliphatic hydroxyl groups excluding tert-OH is 1. The summed E-state index contributed by atoms with van der Waals surface area (Å²) >= 11 is 0. The lowest BCUT2D eigenvalue weighted by Crippen LogP contribution is -2.54. The van der Waals surface area contributed by atoms with Crippen molar-refractivity contribution in [3.63, 3.8) is 0 Å². The van der Waals surface area contributed by atoms with Gasteiger partial charge in [0, 0.05) is 45.4 Å². The van der Waals surface area contributed by atoms with E-state index in [4.69, 9.17) is 0 Å². The van der Waals surface area contributed by atoms with Crippen LogP contribution in [0.4, 0.5) is 0 Å². The fourth-order valence-electron chi connectivity index (χ4n) is 3.73. The second-order valence-electron chi connectivity index (χ2n) is 6.95. The summed E-state index contributed by atoms with van der Waals surface area (Å²) in [6.45, 7) is 6.37. The van der Waals surface area contributed by atoms with E-state index in [-0.39, 0.29) is 0 Å². The van der Waals surface area contributed by atoms with Crippen molar-refractivity contribution in [1.29, 1.82) is 0 Å². The van der Waals surface area contributed by atoms with Crippen LogP contribution in [0, 0.1) is 5.92 Å². The van der Waals surface area contributed by atoms with Gasteiger partial charge < -0.3 is 5.11 Å². The number of aliphatic hydroxyl groups is 1. The first-order valence-electron chi connectivity index (χ1n) is 8.60. The molecule has 1 heterocycles. The van der Waals surface area contributed by atoms with Gasteiger partial charge in [0.05, 0.1) is 0 Å². The predicted octanol–water partition coefficient (Wildman–Crippen LogP) is 2.27. The van der Waals surface area contributed by atoms with Gasteiger partial charge in [0.15, 0.2) is 0 Å². The van der Waals surface area contributed by atoms with Gasteiger partial charge in [-0.25, -0.2) is 0 Å². The molecule has 1 N–H and O–H groups in total. The van der Waals surface area contributed by atoms with E-state index in [1.54, 1.807) is 5.57 Å². The van der Waals surface area contributed by atoms with Crippen LogP contribution in [-0.4, -0.2) is 60.3 Å². The number of hydrogen-bond donors (Lipinski definition) is 1. The molecule has 3 nitrogen and oxygen atoms in total. The second-order valence-corrected chi connectivity index (χ2v) is 6.95. The third-order valence-electron chi connectivity index (χ3n) is 5.15. The van der Waals surface area contributed by atoms with Crippen molar-refractivity contribution in [3.05, 3.63) is 11.6 Å². The zero-order valence-electron chi connectivity index (χ0n) is 12.8. The first kappa shape index (κ1) is 14.6. The maximum atomic E-state index is 9.34. The van der Waals surface area contributed by atoms with Gasteiger partial charge in [-0.15, -0.1) is 0 Å². The van der Waals surface area contributed by atoms with E-state index in [2.05, 4.69) is 15.9 Å². The Bertz CT molecular complexity index is 338. The second kappa shape index (κ2) is 7.06. The highest BCUT2D eigenvalue weighted by Gasteiger charge is 2.31. The molecule has 2 fully saturated rings. The van der Waals surface area contributed by atoms with Crippen LogP contribution in [0.3, 0.4) is 0 Å². The fraction of sp³-hybridized carbons (Fsp3) is 0.882. The van der Waals surface area contributed by atoms with Crippen LogP contribution in [0.1, 0.15) is 44.9 Å². The van der Waals surface area contributed by atoms with Gasteiger partial charge in [-0.2, -0.15) is 0 Å². The van der Waals surface area contributed by atoms with E-state index in [0.717, 1.165) is 18.9 Å². The number of nitrogens with zero attached hydrogens (tertiary/aromatic N) is 2. The Morgan fingerprint density at radius 1 is 1.20 bits per heavy atom. The molecule has 0 bridgehead atoms. The summed E-state index contributed by atoms with van der Waals surface area (Å²) in [6.07, 6.45) is 11.6. The average Bonchev–Trinajstić information content (AvgIpc) is 3.27. The van der Waals surface area contributed by atoms with Crippen LogP contribution in [-0.2, 0) is 0 Å². The van der Waals surface area contributed by atoms with Gasteiger partial charge in [0.1, 0.15) is 0 Å². The Labute approximate surface area is 123 Å². The average molecular weight is 278 g/mol. The zero-order valence-corrected chi connectivity index (χ0v) is 12.8. The van der Waals surface area contributed by atoms with Gasteiger partial charge >= 0.3 is 0 Å². The Morgan fingerprint density at radius 2 is 2.10 bits per heavy atom. The third-order valence-corrected chi connectivity index (χ3v) is 5.15. The van der Waals surface area contributed by atoms with Crippen molar-refractivity contribution in [1.82, 2.24) is 9.80 Å². The van der Waals surface area contributed by atoms with Gasteiger partial charge in [0.2, 0.25) is 0 Å². The Hall–Kier alpha value is -0.380. The third kappa shape index (κ3) is 4.06. The van der Waals surface area contributed by atoms with Crippen molar-refractivity contribution < 1.29 is 5.11 Å². The molecule has 0 aromatic carbocycles. The van der Waals surface area contributed by atoms with Crippen LogP contribution in [0.15, 0.2) is 11.6 Å². The molecule has 1 saturated heterocycles. The van der Waals surface area contributed by atoms with Gasteiger partial charge in [0.25, 0.3) is 0 Å². The molecular formula is C17H30N2O. The highest BCUT2D eigenvalue weighted by Crippen LogP contribution is 2.31. The molecule has 0 radical (unpaired) electrons. The first-order chi connectivity index (χ1) is 9.85. The number of hydrogen-bond acceptors (Lipinski definition) is 3. The van der Waals surface area contributed by atoms with Gasteiger partial charge in [-0.3, -0.25) is 9.80 Å². The minimum absolute atomic E-state index is 0.336. The maximum Gasteiger partial charge on any atom is 0.0446 e. The van der Waals surface area contributed by atoms with E-state index in [0.29, 0.717) is 12.6 Å². The highest BCUT2D eigenvalue weighted by atomic mass is 16.3. The SMILES string of the molecule is OCCC1CN(CC2=CCCCC2)CCN1CC1CC1. The van der Waals surface area contributed by atoms with Crippen molar-refractivity contribution in [2.75, 3.05) is 39.3 Å². The van der Waals surface area contributed by atoms with Gasteiger partial charge in [-0.1, -0.05) is 11.6 Å². The lowest BCUT2D eigenvalue weighted by Gasteiger charge is -2.42. The molecule has 0 spiro atoms. The summed E-state index contributed by atoms with van der Waals surface area (Å²) in [7, 11) is 0. The van der Waals surface area contributed by atoms with Crippen LogP contribution >= 0.6 is 0 Å². The minimum Gasteiger partial charge on any atom is -0.396 e. The molecule has 20 heavy (non-hydrogen) atoms. The van der Waals surface area contributed by atoms with Crippen LogP contribution in [0.25, 0.3) is 0 Å². The van der Waals surface area contributed by atoms with E-state index in [1.165, 1.54) is 64.7 Å². The normalized spacial score (nSPS) is 29.4. The Morgan fingerprint density at radius 3 is 2.80 bits per heavy atom. The Balaban J connectivity index is 1.51. The molecule has 2 aliphatic carbocycles. The van der Waals surface area contributed by atoms with Crippen molar-refractivity contribution in [2.24, 2.45) is 5.92 Å². The number of piperazine rings is 1. The molecule has 0 amide bonds. The van der Waals surface area contributed by atoms with Gasteiger partial charge in [-0.05, 0) is 50.9 Å². The van der Waals surface area contributed by atoms with Crippen LogP contribution < -0.4 is 0 Å². The molecule has 0 aromatic rings. The summed E-state index contributed by atoms with van der Waals surface area (Å²) in [5.74, 6) is 0.962. The molecule has 0 aromatic heterocycles. The van der Waals surface area contributed by atoms with Crippen molar-refractivity contribution in [3.8, 4) is 0 Å². The minimum atomic E-state index is 0.336. The monoisotopic (exact) mass is 278 g/mol. The summed E-state index contributed by atoms with van der Waals surface area (Å²) < 4.78 is 0. The summed E-state index contributed by atoms with van der Waals surface area (Å²) in [6, 6.07) is 0.582.